The summed E-state index contributed by atoms with van der Waals surface area (Å²) in [5.74, 6) is -0.0440. The molecule has 0 saturated carbocycles. The number of nitrogens with zero attached hydrogens (tertiary/aromatic N) is 1. The molecule has 3 aromatic rings. The highest BCUT2D eigenvalue weighted by Gasteiger charge is 2.29. The second-order valence-electron chi connectivity index (χ2n) is 8.44. The summed E-state index contributed by atoms with van der Waals surface area (Å²) in [5.41, 5.74) is 6.49. The van der Waals surface area contributed by atoms with Crippen LogP contribution in [0.25, 0.3) is 11.3 Å². The lowest BCUT2D eigenvalue weighted by Crippen LogP contribution is -2.23. The monoisotopic (exact) mass is 472 g/mol. The molecule has 0 spiro atoms. The van der Waals surface area contributed by atoms with Crippen LogP contribution >= 0.6 is 11.6 Å². The van der Waals surface area contributed by atoms with Crippen LogP contribution in [0.1, 0.15) is 29.5 Å². The van der Waals surface area contributed by atoms with E-state index in [0.29, 0.717) is 28.4 Å². The van der Waals surface area contributed by atoms with Crippen molar-refractivity contribution >= 4 is 51.7 Å². The van der Waals surface area contributed by atoms with E-state index >= 15 is 0 Å². The van der Waals surface area contributed by atoms with Gasteiger partial charge in [0.05, 0.1) is 17.0 Å². The van der Waals surface area contributed by atoms with Crippen molar-refractivity contribution in [3.63, 3.8) is 0 Å². The molecule has 7 heteroatoms. The van der Waals surface area contributed by atoms with Gasteiger partial charge in [-0.05, 0) is 61.0 Å². The number of benzene rings is 3. The minimum absolute atomic E-state index is 0.145. The van der Waals surface area contributed by atoms with Gasteiger partial charge in [-0.15, -0.1) is 0 Å². The van der Waals surface area contributed by atoms with Gasteiger partial charge in [0.2, 0.25) is 5.91 Å². The molecule has 2 aliphatic rings. The van der Waals surface area contributed by atoms with Crippen LogP contribution in [-0.4, -0.2) is 25.4 Å². The summed E-state index contributed by atoms with van der Waals surface area (Å²) >= 11 is 6.16. The first kappa shape index (κ1) is 22.2. The third-order valence-corrected chi connectivity index (χ3v) is 6.36. The third-order valence-electron chi connectivity index (χ3n) is 6.12. The fourth-order valence-corrected chi connectivity index (χ4v) is 4.63. The van der Waals surface area contributed by atoms with E-state index < -0.39 is 0 Å². The Labute approximate surface area is 203 Å². The average Bonchev–Trinajstić information content (AvgIpc) is 3.40. The molecular formula is C27H25ClN4O2. The average molecular weight is 473 g/mol. The number of carbonyl (C=O) groups excluding carboxylic acids is 2. The predicted octanol–water partition coefficient (Wildman–Crippen LogP) is 5.12. The van der Waals surface area contributed by atoms with E-state index in [2.05, 4.69) is 16.0 Å². The number of halogens is 1. The Morgan fingerprint density at radius 1 is 1.03 bits per heavy atom. The number of hydrogen-bond donors (Lipinski definition) is 3. The van der Waals surface area contributed by atoms with Crippen molar-refractivity contribution in [2.75, 3.05) is 29.1 Å². The van der Waals surface area contributed by atoms with E-state index in [9.17, 15) is 9.59 Å². The lowest BCUT2D eigenvalue weighted by Gasteiger charge is -2.18. The van der Waals surface area contributed by atoms with E-state index in [1.165, 1.54) is 5.56 Å². The first-order valence-corrected chi connectivity index (χ1v) is 11.7. The molecule has 0 atom stereocenters. The third kappa shape index (κ3) is 4.30. The van der Waals surface area contributed by atoms with Gasteiger partial charge in [-0.2, -0.15) is 0 Å². The van der Waals surface area contributed by atoms with E-state index in [1.807, 2.05) is 66.5 Å². The van der Waals surface area contributed by atoms with Crippen LogP contribution in [0.3, 0.4) is 0 Å². The Balaban J connectivity index is 1.57. The standard InChI is InChI=1S/C27H25ClN4O2/c1-29-16-17-4-9-20(10-5-17)30-26(25-22-13-8-19(28)15-23(22)31-27(25)34)18-6-11-21(12-7-18)32-14-2-3-24(32)33/h4-13,15,29-30H,2-3,14,16H2,1H3,(H,31,34)/b26-25-. The van der Waals surface area contributed by atoms with Crippen LogP contribution in [0.15, 0.2) is 66.7 Å². The topological polar surface area (TPSA) is 73.5 Å². The zero-order valence-electron chi connectivity index (χ0n) is 18.8. The molecule has 2 amide bonds. The Kier molecular flexibility index (Phi) is 6.09. The molecule has 34 heavy (non-hydrogen) atoms. The SMILES string of the molecule is CNCc1ccc(N/C(=C2\C(=O)Nc3cc(Cl)ccc32)c2ccc(N3CCCC3=O)cc2)cc1. The molecule has 2 aliphatic heterocycles. The van der Waals surface area contributed by atoms with Gasteiger partial charge in [0.1, 0.15) is 0 Å². The molecule has 0 aliphatic carbocycles. The second-order valence-corrected chi connectivity index (χ2v) is 8.88. The van der Waals surface area contributed by atoms with Crippen molar-refractivity contribution in [1.82, 2.24) is 5.32 Å². The quantitative estimate of drug-likeness (QED) is 0.435. The number of anilines is 3. The van der Waals surface area contributed by atoms with Crippen LogP contribution in [0.4, 0.5) is 17.1 Å². The van der Waals surface area contributed by atoms with Crippen molar-refractivity contribution in [3.05, 3.63) is 88.4 Å². The first-order valence-electron chi connectivity index (χ1n) is 11.3. The number of amides is 2. The highest BCUT2D eigenvalue weighted by Crippen LogP contribution is 2.39. The lowest BCUT2D eigenvalue weighted by molar-refractivity contribution is -0.117. The maximum Gasteiger partial charge on any atom is 0.258 e. The van der Waals surface area contributed by atoms with Gasteiger partial charge >= 0.3 is 0 Å². The van der Waals surface area contributed by atoms with E-state index in [1.54, 1.807) is 12.1 Å². The van der Waals surface area contributed by atoms with Gasteiger partial charge in [-0.25, -0.2) is 0 Å². The number of carbonyl (C=O) groups is 2. The van der Waals surface area contributed by atoms with E-state index in [0.717, 1.165) is 42.0 Å². The normalized spacial score (nSPS) is 16.5. The van der Waals surface area contributed by atoms with Gasteiger partial charge in [-0.3, -0.25) is 9.59 Å². The fraction of sp³-hybridized carbons (Fsp3) is 0.185. The zero-order valence-corrected chi connectivity index (χ0v) is 19.6. The summed E-state index contributed by atoms with van der Waals surface area (Å²) in [6, 6.07) is 21.3. The Bertz CT molecular complexity index is 1280. The lowest BCUT2D eigenvalue weighted by atomic mass is 9.99. The Morgan fingerprint density at radius 2 is 1.79 bits per heavy atom. The highest BCUT2D eigenvalue weighted by molar-refractivity contribution is 6.38. The van der Waals surface area contributed by atoms with Gasteiger partial charge in [0, 0.05) is 41.5 Å². The van der Waals surface area contributed by atoms with Gasteiger partial charge in [-0.1, -0.05) is 41.9 Å². The maximum absolute atomic E-state index is 13.1. The molecule has 3 aromatic carbocycles. The van der Waals surface area contributed by atoms with E-state index in [-0.39, 0.29) is 11.8 Å². The zero-order chi connectivity index (χ0) is 23.7. The molecule has 0 unspecified atom stereocenters. The van der Waals surface area contributed by atoms with Gasteiger partial charge in [0.25, 0.3) is 5.91 Å². The molecule has 1 fully saturated rings. The van der Waals surface area contributed by atoms with Crippen molar-refractivity contribution in [1.29, 1.82) is 0 Å². The van der Waals surface area contributed by atoms with E-state index in [4.69, 9.17) is 11.6 Å². The number of nitrogens with one attached hydrogen (secondary N) is 3. The second kappa shape index (κ2) is 9.33. The van der Waals surface area contributed by atoms with Gasteiger partial charge < -0.3 is 20.9 Å². The number of hydrogen-bond acceptors (Lipinski definition) is 4. The molecule has 6 nitrogen and oxygen atoms in total. The fourth-order valence-electron chi connectivity index (χ4n) is 4.46. The van der Waals surface area contributed by atoms with Crippen LogP contribution in [0.2, 0.25) is 5.02 Å². The summed E-state index contributed by atoms with van der Waals surface area (Å²) in [4.78, 5) is 27.1. The molecule has 2 heterocycles. The first-order chi connectivity index (χ1) is 16.5. The Hall–Kier alpha value is -3.61. The molecule has 1 saturated heterocycles. The molecule has 0 bridgehead atoms. The summed E-state index contributed by atoms with van der Waals surface area (Å²) in [7, 11) is 1.91. The molecule has 0 radical (unpaired) electrons. The molecule has 0 aromatic heterocycles. The number of rotatable bonds is 6. The number of fused-ring (bicyclic) bond motifs is 1. The summed E-state index contributed by atoms with van der Waals surface area (Å²) in [6.07, 6.45) is 1.46. The minimum atomic E-state index is -0.189. The molecule has 172 valence electrons. The highest BCUT2D eigenvalue weighted by atomic mass is 35.5. The summed E-state index contributed by atoms with van der Waals surface area (Å²) in [6.45, 7) is 1.52. The minimum Gasteiger partial charge on any atom is -0.354 e. The van der Waals surface area contributed by atoms with Crippen molar-refractivity contribution < 1.29 is 9.59 Å². The van der Waals surface area contributed by atoms with Crippen molar-refractivity contribution in [2.24, 2.45) is 0 Å². The van der Waals surface area contributed by atoms with Crippen molar-refractivity contribution in [3.8, 4) is 0 Å². The van der Waals surface area contributed by atoms with Crippen LogP contribution < -0.4 is 20.9 Å². The largest absolute Gasteiger partial charge is 0.354 e. The Morgan fingerprint density at radius 3 is 2.47 bits per heavy atom. The molecule has 3 N–H and O–H groups in total. The van der Waals surface area contributed by atoms with Crippen LogP contribution in [0.5, 0.6) is 0 Å². The smallest absolute Gasteiger partial charge is 0.258 e. The van der Waals surface area contributed by atoms with Crippen LogP contribution in [0, 0.1) is 0 Å². The molecule has 5 rings (SSSR count). The van der Waals surface area contributed by atoms with Crippen LogP contribution in [-0.2, 0) is 16.1 Å². The van der Waals surface area contributed by atoms with Gasteiger partial charge in [0.15, 0.2) is 0 Å². The predicted molar refractivity (Wildman–Crippen MR) is 138 cm³/mol. The molecular weight excluding hydrogens is 448 g/mol. The summed E-state index contributed by atoms with van der Waals surface area (Å²) < 4.78 is 0. The summed E-state index contributed by atoms with van der Waals surface area (Å²) in [5, 5.41) is 10.1. The van der Waals surface area contributed by atoms with Crippen molar-refractivity contribution in [2.45, 2.75) is 19.4 Å². The maximum atomic E-state index is 13.1.